The minimum absolute atomic E-state index is 0.0332. The van der Waals surface area contributed by atoms with Crippen molar-refractivity contribution in [1.82, 2.24) is 5.32 Å². The fourth-order valence-electron chi connectivity index (χ4n) is 2.44. The molecule has 0 aliphatic rings. The second kappa shape index (κ2) is 8.37. The summed E-state index contributed by atoms with van der Waals surface area (Å²) in [6, 6.07) is 15.8. The lowest BCUT2D eigenvalue weighted by atomic mass is 10.0. The molecule has 3 nitrogen and oxygen atoms in total. The number of carbonyl (C=O) groups is 1. The first kappa shape index (κ1) is 17.1. The molecule has 2 aromatic carbocycles. The lowest BCUT2D eigenvalue weighted by Gasteiger charge is -2.11. The van der Waals surface area contributed by atoms with Gasteiger partial charge >= 0.3 is 0 Å². The van der Waals surface area contributed by atoms with Gasteiger partial charge in [-0.05, 0) is 48.6 Å². The molecule has 0 aromatic heterocycles. The molecule has 0 bridgehead atoms. The van der Waals surface area contributed by atoms with Crippen LogP contribution in [0.15, 0.2) is 48.5 Å². The van der Waals surface area contributed by atoms with Crippen LogP contribution in [0.5, 0.6) is 5.75 Å². The van der Waals surface area contributed by atoms with Gasteiger partial charge < -0.3 is 10.1 Å². The number of ether oxygens (including phenoxy) is 1. The Morgan fingerprint density at radius 3 is 2.43 bits per heavy atom. The average molecular weight is 311 g/mol. The molecule has 0 heterocycles. The number of nitrogens with one attached hydrogen (secondary N) is 1. The maximum Gasteiger partial charge on any atom is 0.251 e. The minimum Gasteiger partial charge on any atom is -0.494 e. The van der Waals surface area contributed by atoms with Crippen molar-refractivity contribution in [2.45, 2.75) is 33.1 Å². The summed E-state index contributed by atoms with van der Waals surface area (Å²) in [4.78, 5) is 12.2. The Hall–Kier alpha value is -2.29. The highest BCUT2D eigenvalue weighted by Crippen LogP contribution is 2.18. The lowest BCUT2D eigenvalue weighted by Crippen LogP contribution is -2.25. The van der Waals surface area contributed by atoms with Gasteiger partial charge in [0.2, 0.25) is 0 Å². The molecule has 0 aliphatic carbocycles. The Balaban J connectivity index is 1.90. The second-order valence-electron chi connectivity index (χ2n) is 5.82. The van der Waals surface area contributed by atoms with E-state index in [1.807, 2.05) is 55.5 Å². The zero-order valence-electron chi connectivity index (χ0n) is 14.1. The molecule has 3 heteroatoms. The predicted molar refractivity (Wildman–Crippen MR) is 94.2 cm³/mol. The second-order valence-corrected chi connectivity index (χ2v) is 5.82. The highest BCUT2D eigenvalue weighted by Gasteiger charge is 2.07. The number of benzene rings is 2. The van der Waals surface area contributed by atoms with E-state index >= 15 is 0 Å². The molecule has 0 aliphatic heterocycles. The van der Waals surface area contributed by atoms with Crippen molar-refractivity contribution in [3.05, 3.63) is 65.2 Å². The van der Waals surface area contributed by atoms with Gasteiger partial charge in [0.1, 0.15) is 5.75 Å². The first-order valence-corrected chi connectivity index (χ1v) is 8.20. The molecule has 2 aromatic rings. The number of carbonyl (C=O) groups excluding carboxylic acids is 1. The molecule has 122 valence electrons. The van der Waals surface area contributed by atoms with Gasteiger partial charge in [-0.15, -0.1) is 0 Å². The molecule has 0 saturated heterocycles. The van der Waals surface area contributed by atoms with E-state index in [2.05, 4.69) is 19.2 Å². The van der Waals surface area contributed by atoms with Crippen molar-refractivity contribution in [2.24, 2.45) is 0 Å². The smallest absolute Gasteiger partial charge is 0.251 e. The van der Waals surface area contributed by atoms with E-state index in [9.17, 15) is 4.79 Å². The van der Waals surface area contributed by atoms with Gasteiger partial charge in [0.15, 0.2) is 0 Å². The highest BCUT2D eigenvalue weighted by atomic mass is 16.5. The van der Waals surface area contributed by atoms with Crippen molar-refractivity contribution >= 4 is 5.91 Å². The third-order valence-corrected chi connectivity index (χ3v) is 3.79. The quantitative estimate of drug-likeness (QED) is 0.833. The molecule has 0 saturated carbocycles. The van der Waals surface area contributed by atoms with Crippen LogP contribution >= 0.6 is 0 Å². The van der Waals surface area contributed by atoms with Crippen molar-refractivity contribution in [1.29, 1.82) is 0 Å². The van der Waals surface area contributed by atoms with Crippen LogP contribution in [0.4, 0.5) is 0 Å². The molecule has 0 spiro atoms. The summed E-state index contributed by atoms with van der Waals surface area (Å²) in [6.07, 6.45) is 0.756. The Kier molecular flexibility index (Phi) is 6.21. The fraction of sp³-hybridized carbons (Fsp3) is 0.350. The molecule has 0 atom stereocenters. The minimum atomic E-state index is -0.0332. The molecule has 23 heavy (non-hydrogen) atoms. The average Bonchev–Trinajstić information content (AvgIpc) is 2.56. The first-order valence-electron chi connectivity index (χ1n) is 8.20. The van der Waals surface area contributed by atoms with E-state index in [1.54, 1.807) is 0 Å². The molecule has 1 N–H and O–H groups in total. The van der Waals surface area contributed by atoms with Crippen molar-refractivity contribution in [2.75, 3.05) is 13.2 Å². The number of rotatable bonds is 7. The van der Waals surface area contributed by atoms with Crippen LogP contribution < -0.4 is 10.1 Å². The van der Waals surface area contributed by atoms with E-state index < -0.39 is 0 Å². The normalized spacial score (nSPS) is 10.6. The number of para-hydroxylation sites is 1. The number of amides is 1. The van der Waals surface area contributed by atoms with Crippen LogP contribution in [0, 0.1) is 0 Å². The summed E-state index contributed by atoms with van der Waals surface area (Å²) < 4.78 is 5.60. The maximum absolute atomic E-state index is 12.2. The van der Waals surface area contributed by atoms with Gasteiger partial charge in [-0.2, -0.15) is 0 Å². The Morgan fingerprint density at radius 1 is 1.09 bits per heavy atom. The molecule has 0 radical (unpaired) electrons. The molecule has 1 amide bonds. The van der Waals surface area contributed by atoms with E-state index in [-0.39, 0.29) is 5.91 Å². The topological polar surface area (TPSA) is 38.3 Å². The third kappa shape index (κ3) is 4.85. The summed E-state index contributed by atoms with van der Waals surface area (Å²) >= 11 is 0. The lowest BCUT2D eigenvalue weighted by molar-refractivity contribution is 0.0954. The van der Waals surface area contributed by atoms with E-state index in [0.717, 1.165) is 17.7 Å². The van der Waals surface area contributed by atoms with E-state index in [1.165, 1.54) is 5.56 Å². The largest absolute Gasteiger partial charge is 0.494 e. The summed E-state index contributed by atoms with van der Waals surface area (Å²) in [5.74, 6) is 1.34. The fourth-order valence-corrected chi connectivity index (χ4v) is 2.44. The summed E-state index contributed by atoms with van der Waals surface area (Å²) in [7, 11) is 0. The Labute approximate surface area is 138 Å². The number of hydrogen-bond donors (Lipinski definition) is 1. The van der Waals surface area contributed by atoms with Gasteiger partial charge in [0.25, 0.3) is 5.91 Å². The number of hydrogen-bond acceptors (Lipinski definition) is 2. The van der Waals surface area contributed by atoms with Crippen LogP contribution in [0.3, 0.4) is 0 Å². The van der Waals surface area contributed by atoms with Crippen LogP contribution in [0.1, 0.15) is 48.2 Å². The van der Waals surface area contributed by atoms with Gasteiger partial charge in [-0.3, -0.25) is 4.79 Å². The van der Waals surface area contributed by atoms with Crippen LogP contribution in [0.25, 0.3) is 0 Å². The standard InChI is InChI=1S/C20H25NO2/c1-4-23-19-8-6-5-7-17(19)13-14-21-20(22)18-11-9-16(10-12-18)15(2)3/h5-12,15H,4,13-14H2,1-3H3,(H,21,22). The maximum atomic E-state index is 12.2. The molecule has 2 rings (SSSR count). The summed E-state index contributed by atoms with van der Waals surface area (Å²) in [6.45, 7) is 7.50. The molecule has 0 unspecified atom stereocenters. The predicted octanol–water partition coefficient (Wildman–Crippen LogP) is 4.18. The summed E-state index contributed by atoms with van der Waals surface area (Å²) in [5.41, 5.74) is 3.06. The molecule has 0 fully saturated rings. The van der Waals surface area contributed by atoms with Crippen molar-refractivity contribution in [3.8, 4) is 5.75 Å². The third-order valence-electron chi connectivity index (χ3n) is 3.79. The van der Waals surface area contributed by atoms with E-state index in [4.69, 9.17) is 4.74 Å². The monoisotopic (exact) mass is 311 g/mol. The zero-order valence-corrected chi connectivity index (χ0v) is 14.1. The Morgan fingerprint density at radius 2 is 1.78 bits per heavy atom. The van der Waals surface area contributed by atoms with Gasteiger partial charge in [-0.25, -0.2) is 0 Å². The van der Waals surface area contributed by atoms with Crippen LogP contribution in [-0.4, -0.2) is 19.1 Å². The van der Waals surface area contributed by atoms with E-state index in [0.29, 0.717) is 24.6 Å². The van der Waals surface area contributed by atoms with Crippen LogP contribution in [-0.2, 0) is 6.42 Å². The van der Waals surface area contributed by atoms with Gasteiger partial charge in [0.05, 0.1) is 6.61 Å². The SMILES string of the molecule is CCOc1ccccc1CCNC(=O)c1ccc(C(C)C)cc1. The van der Waals surface area contributed by atoms with Crippen LogP contribution in [0.2, 0.25) is 0 Å². The Bertz CT molecular complexity index is 632. The molecular weight excluding hydrogens is 286 g/mol. The highest BCUT2D eigenvalue weighted by molar-refractivity contribution is 5.94. The van der Waals surface area contributed by atoms with Gasteiger partial charge in [0, 0.05) is 12.1 Å². The van der Waals surface area contributed by atoms with Crippen molar-refractivity contribution < 1.29 is 9.53 Å². The van der Waals surface area contributed by atoms with Gasteiger partial charge in [-0.1, -0.05) is 44.2 Å². The van der Waals surface area contributed by atoms with Crippen molar-refractivity contribution in [3.63, 3.8) is 0 Å². The molecular formula is C20H25NO2. The zero-order chi connectivity index (χ0) is 16.7. The first-order chi connectivity index (χ1) is 11.1. The summed E-state index contributed by atoms with van der Waals surface area (Å²) in [5, 5.41) is 2.97.